The predicted molar refractivity (Wildman–Crippen MR) is 143 cm³/mol. The number of hydrogen-bond acceptors (Lipinski definition) is 7. The standard InChI is InChI=1S/C31H21NO7/c1-32-14-16(18-5-3-4-6-23(18)32)11-26-30(35)19-8-10-25-28(31(19)39-26)20(13-27(33)38-25)22-15-37-24-9-7-17(36-2)12-21(24)29(22)34/h3-12,14-15,20H,13H2,1-2H3/b26-11-. The monoisotopic (exact) mass is 519 g/mol. The second kappa shape index (κ2) is 8.46. The maximum absolute atomic E-state index is 13.6. The molecule has 8 nitrogen and oxygen atoms in total. The second-order valence-electron chi connectivity index (χ2n) is 9.62. The van der Waals surface area contributed by atoms with Crippen LogP contribution in [0.5, 0.6) is 17.2 Å². The highest BCUT2D eigenvalue weighted by atomic mass is 16.5. The second-order valence-corrected chi connectivity index (χ2v) is 9.62. The molecule has 0 radical (unpaired) electrons. The van der Waals surface area contributed by atoms with Crippen LogP contribution in [-0.4, -0.2) is 23.4 Å². The van der Waals surface area contributed by atoms with Crippen LogP contribution in [0, 0.1) is 0 Å². The molecule has 0 saturated carbocycles. The molecule has 2 aliphatic rings. The van der Waals surface area contributed by atoms with Crippen molar-refractivity contribution in [3.63, 3.8) is 0 Å². The number of rotatable bonds is 3. The van der Waals surface area contributed by atoms with Gasteiger partial charge in [0.25, 0.3) is 0 Å². The van der Waals surface area contributed by atoms with Gasteiger partial charge in [-0.1, -0.05) is 18.2 Å². The minimum atomic E-state index is -0.729. The first-order valence-electron chi connectivity index (χ1n) is 12.4. The molecular formula is C31H21NO7. The lowest BCUT2D eigenvalue weighted by Crippen LogP contribution is -2.25. The number of Topliss-reactive ketones (excluding diaryl/α,β-unsaturated/α-hetero) is 1. The lowest BCUT2D eigenvalue weighted by molar-refractivity contribution is -0.135. The van der Waals surface area contributed by atoms with E-state index in [1.54, 1.807) is 36.4 Å². The SMILES string of the molecule is COc1ccc2occ(C3CC(=O)Oc4ccc5c(c43)O/C(=C\c3cn(C)c4ccccc34)C5=O)c(=O)c2c1. The molecule has 0 fully saturated rings. The molecule has 4 heterocycles. The van der Waals surface area contributed by atoms with Crippen molar-refractivity contribution in [3.8, 4) is 17.2 Å². The summed E-state index contributed by atoms with van der Waals surface area (Å²) in [6, 6.07) is 16.0. The third-order valence-corrected chi connectivity index (χ3v) is 7.38. The lowest BCUT2D eigenvalue weighted by atomic mass is 9.85. The van der Waals surface area contributed by atoms with Crippen LogP contribution in [0.3, 0.4) is 0 Å². The molecule has 8 heteroatoms. The van der Waals surface area contributed by atoms with Crippen LogP contribution in [0.4, 0.5) is 0 Å². The number of aromatic nitrogens is 1. The van der Waals surface area contributed by atoms with E-state index in [9.17, 15) is 14.4 Å². The summed E-state index contributed by atoms with van der Waals surface area (Å²) in [5, 5.41) is 1.31. The summed E-state index contributed by atoms with van der Waals surface area (Å²) in [4.78, 5) is 39.7. The van der Waals surface area contributed by atoms with Gasteiger partial charge in [-0.25, -0.2) is 0 Å². The van der Waals surface area contributed by atoms with Gasteiger partial charge in [-0.3, -0.25) is 14.4 Å². The van der Waals surface area contributed by atoms with Crippen LogP contribution < -0.4 is 19.6 Å². The Bertz CT molecular complexity index is 1960. The first-order chi connectivity index (χ1) is 18.9. The van der Waals surface area contributed by atoms with E-state index in [-0.39, 0.29) is 40.5 Å². The predicted octanol–water partition coefficient (Wildman–Crippen LogP) is 5.35. The molecule has 0 N–H and O–H groups in total. The Morgan fingerprint density at radius 1 is 1.00 bits per heavy atom. The van der Waals surface area contributed by atoms with Gasteiger partial charge >= 0.3 is 5.97 Å². The number of carbonyl (C=O) groups excluding carboxylic acids is 2. The van der Waals surface area contributed by atoms with E-state index in [2.05, 4.69) is 0 Å². The van der Waals surface area contributed by atoms with Crippen molar-refractivity contribution in [2.45, 2.75) is 12.3 Å². The van der Waals surface area contributed by atoms with Gasteiger partial charge < -0.3 is 23.2 Å². The lowest BCUT2D eigenvalue weighted by Gasteiger charge is -2.25. The Morgan fingerprint density at radius 3 is 2.69 bits per heavy atom. The average Bonchev–Trinajstić information content (AvgIpc) is 3.44. The average molecular weight is 520 g/mol. The largest absolute Gasteiger partial charge is 0.497 e. The van der Waals surface area contributed by atoms with Crippen LogP contribution >= 0.6 is 0 Å². The number of carbonyl (C=O) groups is 2. The maximum atomic E-state index is 13.6. The highest BCUT2D eigenvalue weighted by Crippen LogP contribution is 2.48. The fourth-order valence-corrected chi connectivity index (χ4v) is 5.49. The van der Waals surface area contributed by atoms with Gasteiger partial charge in [0, 0.05) is 46.8 Å². The molecule has 0 bridgehead atoms. The summed E-state index contributed by atoms with van der Waals surface area (Å²) in [5.74, 6) is -0.312. The molecule has 192 valence electrons. The first kappa shape index (κ1) is 23.0. The fraction of sp³-hybridized carbons (Fsp3) is 0.129. The van der Waals surface area contributed by atoms with Crippen LogP contribution in [-0.2, 0) is 11.8 Å². The van der Waals surface area contributed by atoms with Crippen molar-refractivity contribution in [2.24, 2.45) is 7.05 Å². The normalized spacial score (nSPS) is 17.3. The number of benzene rings is 3. The number of ketones is 1. The molecule has 0 amide bonds. The van der Waals surface area contributed by atoms with Crippen LogP contribution in [0.2, 0.25) is 0 Å². The molecule has 0 aliphatic carbocycles. The molecular weight excluding hydrogens is 498 g/mol. The summed E-state index contributed by atoms with van der Waals surface area (Å²) in [7, 11) is 3.46. The molecule has 2 aromatic heterocycles. The van der Waals surface area contributed by atoms with Gasteiger partial charge in [0.05, 0.1) is 30.7 Å². The summed E-state index contributed by atoms with van der Waals surface area (Å²) >= 11 is 0. The molecule has 39 heavy (non-hydrogen) atoms. The van der Waals surface area contributed by atoms with Crippen molar-refractivity contribution in [2.75, 3.05) is 7.11 Å². The molecule has 1 unspecified atom stereocenters. The number of methoxy groups -OCH3 is 1. The zero-order valence-electron chi connectivity index (χ0n) is 21.0. The Hall–Kier alpha value is -5.11. The quantitative estimate of drug-likeness (QED) is 0.180. The summed E-state index contributed by atoms with van der Waals surface area (Å²) in [5.41, 5.74) is 3.04. The van der Waals surface area contributed by atoms with Crippen molar-refractivity contribution in [1.29, 1.82) is 0 Å². The number of ether oxygens (including phenoxy) is 3. The fourth-order valence-electron chi connectivity index (χ4n) is 5.49. The van der Waals surface area contributed by atoms with Crippen LogP contribution in [0.25, 0.3) is 27.9 Å². The smallest absolute Gasteiger partial charge is 0.312 e. The van der Waals surface area contributed by atoms with Gasteiger partial charge in [0.1, 0.15) is 22.8 Å². The third-order valence-electron chi connectivity index (χ3n) is 7.38. The van der Waals surface area contributed by atoms with E-state index in [4.69, 9.17) is 18.6 Å². The minimum absolute atomic E-state index is 0.108. The zero-order valence-corrected chi connectivity index (χ0v) is 21.0. The van der Waals surface area contributed by atoms with Gasteiger partial charge in [0.15, 0.2) is 11.2 Å². The maximum Gasteiger partial charge on any atom is 0.312 e. The Morgan fingerprint density at radius 2 is 1.85 bits per heavy atom. The molecule has 0 saturated heterocycles. The van der Waals surface area contributed by atoms with Crippen molar-refractivity contribution in [1.82, 2.24) is 4.57 Å². The van der Waals surface area contributed by atoms with Gasteiger partial charge in [-0.05, 0) is 42.5 Å². The molecule has 2 aliphatic heterocycles. The number of aryl methyl sites for hydroxylation is 1. The van der Waals surface area contributed by atoms with Gasteiger partial charge in [0.2, 0.25) is 5.78 Å². The molecule has 7 rings (SSSR count). The Kier molecular flexibility index (Phi) is 5.00. The highest BCUT2D eigenvalue weighted by Gasteiger charge is 2.39. The number of esters is 1. The molecule has 5 aromatic rings. The van der Waals surface area contributed by atoms with Crippen molar-refractivity contribution in [3.05, 3.63) is 105 Å². The van der Waals surface area contributed by atoms with E-state index in [0.717, 1.165) is 16.5 Å². The topological polar surface area (TPSA) is 97.0 Å². The van der Waals surface area contributed by atoms with E-state index in [1.807, 2.05) is 42.1 Å². The Labute approximate surface area is 221 Å². The van der Waals surface area contributed by atoms with Crippen molar-refractivity contribution >= 4 is 39.7 Å². The zero-order chi connectivity index (χ0) is 26.8. The molecule has 1 atom stereocenters. The van der Waals surface area contributed by atoms with E-state index in [0.29, 0.717) is 27.8 Å². The summed E-state index contributed by atoms with van der Waals surface area (Å²) < 4.78 is 24.8. The third kappa shape index (κ3) is 3.49. The van der Waals surface area contributed by atoms with Crippen LogP contribution in [0.15, 0.2) is 82.0 Å². The number of allylic oxidation sites excluding steroid dienone is 1. The minimum Gasteiger partial charge on any atom is -0.497 e. The van der Waals surface area contributed by atoms with E-state index >= 15 is 0 Å². The Balaban J connectivity index is 1.37. The van der Waals surface area contributed by atoms with Crippen LogP contribution in [0.1, 0.15) is 39.4 Å². The number of para-hydroxylation sites is 1. The number of nitrogens with zero attached hydrogens (tertiary/aromatic N) is 1. The molecule has 0 spiro atoms. The first-order valence-corrected chi connectivity index (χ1v) is 12.4. The van der Waals surface area contributed by atoms with E-state index < -0.39 is 11.9 Å². The van der Waals surface area contributed by atoms with Gasteiger partial charge in [-0.2, -0.15) is 0 Å². The highest BCUT2D eigenvalue weighted by molar-refractivity contribution is 6.15. The van der Waals surface area contributed by atoms with Gasteiger partial charge in [-0.15, -0.1) is 0 Å². The summed E-state index contributed by atoms with van der Waals surface area (Å²) in [6.07, 6.45) is 4.92. The van der Waals surface area contributed by atoms with E-state index in [1.165, 1.54) is 13.4 Å². The summed E-state index contributed by atoms with van der Waals surface area (Å²) in [6.45, 7) is 0. The molecule has 3 aromatic carbocycles. The number of hydrogen-bond donors (Lipinski definition) is 0. The van der Waals surface area contributed by atoms with Crippen molar-refractivity contribution < 1.29 is 28.2 Å². The number of fused-ring (bicyclic) bond motifs is 5.